The Bertz CT molecular complexity index is 308. The molecule has 0 atom stereocenters. The summed E-state index contributed by atoms with van der Waals surface area (Å²) < 4.78 is 0. The van der Waals surface area contributed by atoms with Gasteiger partial charge in [-0.15, -0.1) is 0 Å². The van der Waals surface area contributed by atoms with Gasteiger partial charge in [-0.05, 0) is 26.3 Å². The van der Waals surface area contributed by atoms with Crippen molar-refractivity contribution >= 4 is 17.6 Å². The Balaban J connectivity index is 4.10. The number of rotatable bonds is 7. The molecule has 16 heavy (non-hydrogen) atoms. The molecule has 0 aliphatic rings. The highest BCUT2D eigenvalue weighted by molar-refractivity contribution is 6.11. The molecule has 0 spiro atoms. The highest BCUT2D eigenvalue weighted by Crippen LogP contribution is 2.17. The smallest absolute Gasteiger partial charge is 0.303 e. The van der Waals surface area contributed by atoms with Crippen LogP contribution in [-0.4, -0.2) is 29.2 Å². The fraction of sp³-hybridized carbons (Fsp3) is 0.545. The molecule has 0 unspecified atom stereocenters. The van der Waals surface area contributed by atoms with Crippen LogP contribution in [0.15, 0.2) is 12.7 Å². The van der Waals surface area contributed by atoms with E-state index >= 15 is 0 Å². The van der Waals surface area contributed by atoms with E-state index in [1.807, 2.05) is 0 Å². The molecule has 0 radical (unpaired) electrons. The molecule has 3 N–H and O–H groups in total. The van der Waals surface area contributed by atoms with Crippen molar-refractivity contribution in [3.05, 3.63) is 12.7 Å². The van der Waals surface area contributed by atoms with Crippen molar-refractivity contribution in [2.45, 2.75) is 26.7 Å². The number of nitrogens with one attached hydrogen (secondary N) is 2. The van der Waals surface area contributed by atoms with Crippen LogP contribution in [0, 0.1) is 10.8 Å². The first-order valence-corrected chi connectivity index (χ1v) is 5.04. The third kappa shape index (κ3) is 4.25. The molecule has 5 heteroatoms. The number of amides is 1. The molecule has 90 valence electrons. The van der Waals surface area contributed by atoms with E-state index in [1.165, 1.54) is 6.08 Å². The number of hydrogen-bond donors (Lipinski definition) is 3. The molecule has 0 bridgehead atoms. The van der Waals surface area contributed by atoms with Gasteiger partial charge < -0.3 is 15.8 Å². The summed E-state index contributed by atoms with van der Waals surface area (Å²) in [6.07, 6.45) is 1.75. The molecule has 0 aromatic rings. The average molecular weight is 226 g/mol. The van der Waals surface area contributed by atoms with E-state index in [4.69, 9.17) is 10.5 Å². The zero-order valence-electron chi connectivity index (χ0n) is 9.67. The van der Waals surface area contributed by atoms with E-state index in [0.29, 0.717) is 13.0 Å². The molecule has 0 heterocycles. The largest absolute Gasteiger partial charge is 0.481 e. The number of carbonyl (C=O) groups is 2. The molecule has 5 nitrogen and oxygen atoms in total. The molecule has 0 aliphatic carbocycles. The number of carboxylic acids is 1. The fourth-order valence-corrected chi connectivity index (χ4v) is 1.04. The molecule has 0 aromatic heterocycles. The topological polar surface area (TPSA) is 90.3 Å². The van der Waals surface area contributed by atoms with Crippen molar-refractivity contribution in [2.75, 3.05) is 6.54 Å². The van der Waals surface area contributed by atoms with Gasteiger partial charge in [0.1, 0.15) is 0 Å². The van der Waals surface area contributed by atoms with E-state index in [-0.39, 0.29) is 18.0 Å². The van der Waals surface area contributed by atoms with Crippen LogP contribution in [0.1, 0.15) is 26.7 Å². The Morgan fingerprint density at radius 3 is 2.50 bits per heavy atom. The molecular formula is C11H18N2O3. The first-order chi connectivity index (χ1) is 7.32. The van der Waals surface area contributed by atoms with Gasteiger partial charge in [0.05, 0.1) is 5.41 Å². The van der Waals surface area contributed by atoms with Crippen molar-refractivity contribution in [1.29, 1.82) is 5.41 Å². The Kier molecular flexibility index (Phi) is 5.42. The zero-order chi connectivity index (χ0) is 12.8. The summed E-state index contributed by atoms with van der Waals surface area (Å²) in [7, 11) is 0. The second-order valence-corrected chi connectivity index (χ2v) is 4.00. The lowest BCUT2D eigenvalue weighted by molar-refractivity contribution is -0.137. The van der Waals surface area contributed by atoms with E-state index in [1.54, 1.807) is 13.8 Å². The maximum Gasteiger partial charge on any atom is 0.303 e. The van der Waals surface area contributed by atoms with Crippen LogP contribution >= 0.6 is 0 Å². The minimum Gasteiger partial charge on any atom is -0.481 e. The van der Waals surface area contributed by atoms with Crippen molar-refractivity contribution in [3.8, 4) is 0 Å². The van der Waals surface area contributed by atoms with Crippen molar-refractivity contribution in [1.82, 2.24) is 5.32 Å². The van der Waals surface area contributed by atoms with Crippen molar-refractivity contribution in [3.63, 3.8) is 0 Å². The number of hydrogen-bond acceptors (Lipinski definition) is 3. The standard InChI is InChI=1S/C11H18N2O3/c1-4-8(12)11(2,3)10(16)13-7-5-6-9(14)15/h4,12H,1,5-7H2,2-3H3,(H,13,16)(H,14,15). The molecule has 1 amide bonds. The first kappa shape index (κ1) is 14.3. The lowest BCUT2D eigenvalue weighted by atomic mass is 9.86. The first-order valence-electron chi connectivity index (χ1n) is 5.04. The quantitative estimate of drug-likeness (QED) is 0.450. The predicted octanol–water partition coefficient (Wildman–Crippen LogP) is 1.20. The maximum absolute atomic E-state index is 11.7. The van der Waals surface area contributed by atoms with E-state index in [2.05, 4.69) is 11.9 Å². The minimum absolute atomic E-state index is 0.0274. The van der Waals surface area contributed by atoms with E-state index in [9.17, 15) is 9.59 Å². The molecular weight excluding hydrogens is 208 g/mol. The van der Waals surface area contributed by atoms with Gasteiger partial charge in [-0.25, -0.2) is 0 Å². The summed E-state index contributed by atoms with van der Waals surface area (Å²) in [6, 6.07) is 0. The van der Waals surface area contributed by atoms with Gasteiger partial charge in [0.2, 0.25) is 5.91 Å². The summed E-state index contributed by atoms with van der Waals surface area (Å²) in [5.41, 5.74) is -0.784. The number of carbonyl (C=O) groups excluding carboxylic acids is 1. The molecule has 0 aromatic carbocycles. The SMILES string of the molecule is C=CC(=N)C(C)(C)C(=O)NCCCC(=O)O. The highest BCUT2D eigenvalue weighted by Gasteiger charge is 2.30. The predicted molar refractivity (Wildman–Crippen MR) is 61.6 cm³/mol. The summed E-state index contributed by atoms with van der Waals surface area (Å²) in [6.45, 7) is 7.01. The van der Waals surface area contributed by atoms with Crippen LogP contribution < -0.4 is 5.32 Å². The third-order valence-corrected chi connectivity index (χ3v) is 2.30. The molecule has 0 saturated carbocycles. The van der Waals surface area contributed by atoms with Crippen LogP contribution in [0.4, 0.5) is 0 Å². The number of aliphatic carboxylic acids is 1. The zero-order valence-corrected chi connectivity index (χ0v) is 9.67. The van der Waals surface area contributed by atoms with E-state index in [0.717, 1.165) is 0 Å². The minimum atomic E-state index is -0.926. The third-order valence-electron chi connectivity index (χ3n) is 2.30. The van der Waals surface area contributed by atoms with Gasteiger partial charge >= 0.3 is 5.97 Å². The summed E-state index contributed by atoms with van der Waals surface area (Å²) in [5, 5.41) is 18.6. The fourth-order valence-electron chi connectivity index (χ4n) is 1.04. The van der Waals surface area contributed by atoms with Crippen LogP contribution in [0.5, 0.6) is 0 Å². The average Bonchev–Trinajstić information content (AvgIpc) is 2.22. The molecule has 0 aliphatic heterocycles. The van der Waals surface area contributed by atoms with Crippen LogP contribution in [-0.2, 0) is 9.59 Å². The van der Waals surface area contributed by atoms with Gasteiger partial charge in [0.15, 0.2) is 0 Å². The highest BCUT2D eigenvalue weighted by atomic mass is 16.4. The van der Waals surface area contributed by atoms with Gasteiger partial charge in [-0.2, -0.15) is 0 Å². The van der Waals surface area contributed by atoms with Gasteiger partial charge in [-0.1, -0.05) is 6.58 Å². The van der Waals surface area contributed by atoms with Crippen LogP contribution in [0.2, 0.25) is 0 Å². The number of allylic oxidation sites excluding steroid dienone is 1. The van der Waals surface area contributed by atoms with Crippen molar-refractivity contribution < 1.29 is 14.7 Å². The van der Waals surface area contributed by atoms with Crippen LogP contribution in [0.25, 0.3) is 0 Å². The molecule has 0 saturated heterocycles. The van der Waals surface area contributed by atoms with E-state index < -0.39 is 11.4 Å². The lowest BCUT2D eigenvalue weighted by Crippen LogP contribution is -2.41. The summed E-state index contributed by atoms with van der Waals surface area (Å²) in [4.78, 5) is 21.9. The Labute approximate surface area is 95.1 Å². The van der Waals surface area contributed by atoms with Crippen molar-refractivity contribution in [2.24, 2.45) is 5.41 Å². The summed E-state index contributed by atoms with van der Waals surface area (Å²) >= 11 is 0. The molecule has 0 fully saturated rings. The Morgan fingerprint density at radius 2 is 2.06 bits per heavy atom. The van der Waals surface area contributed by atoms with Gasteiger partial charge in [0, 0.05) is 18.7 Å². The normalized spacial score (nSPS) is 10.6. The van der Waals surface area contributed by atoms with Crippen LogP contribution in [0.3, 0.4) is 0 Å². The monoisotopic (exact) mass is 226 g/mol. The van der Waals surface area contributed by atoms with Gasteiger partial charge in [0.25, 0.3) is 0 Å². The Hall–Kier alpha value is -1.65. The second kappa shape index (κ2) is 6.05. The summed E-state index contributed by atoms with van der Waals surface area (Å²) in [5.74, 6) is -1.17. The Morgan fingerprint density at radius 1 is 1.50 bits per heavy atom. The lowest BCUT2D eigenvalue weighted by Gasteiger charge is -2.22. The maximum atomic E-state index is 11.7. The van der Waals surface area contributed by atoms with Gasteiger partial charge in [-0.3, -0.25) is 9.59 Å². The molecule has 0 rings (SSSR count). The number of carboxylic acid groups (broad SMARTS) is 1. The second-order valence-electron chi connectivity index (χ2n) is 4.00.